The molecule has 0 spiro atoms. The van der Waals surface area contributed by atoms with Gasteiger partial charge < -0.3 is 20.9 Å². The smallest absolute Gasteiger partial charge is 0.237 e. The molecule has 0 radical (unpaired) electrons. The van der Waals surface area contributed by atoms with Gasteiger partial charge in [-0.3, -0.25) is 4.79 Å². The number of amides is 1. The van der Waals surface area contributed by atoms with Crippen LogP contribution in [0.1, 0.15) is 26.7 Å². The minimum Gasteiger partial charge on any atom is -0.388 e. The maximum atomic E-state index is 11.6. The van der Waals surface area contributed by atoms with E-state index in [0.29, 0.717) is 26.1 Å². The minimum absolute atomic E-state index is 0.101. The van der Waals surface area contributed by atoms with Gasteiger partial charge in [0.25, 0.3) is 0 Å². The zero-order chi connectivity index (χ0) is 12.2. The second kappa shape index (κ2) is 5.61. The predicted molar refractivity (Wildman–Crippen MR) is 60.8 cm³/mol. The molecule has 1 aliphatic rings. The lowest BCUT2D eigenvalue weighted by atomic mass is 9.94. The van der Waals surface area contributed by atoms with Gasteiger partial charge in [0.2, 0.25) is 5.91 Å². The molecule has 0 aromatic heterocycles. The van der Waals surface area contributed by atoms with E-state index < -0.39 is 11.6 Å². The molecule has 0 unspecified atom stereocenters. The molecule has 1 atom stereocenters. The number of hydrogen-bond acceptors (Lipinski definition) is 4. The third kappa shape index (κ3) is 3.73. The summed E-state index contributed by atoms with van der Waals surface area (Å²) in [5.74, 6) is -0.0979. The summed E-state index contributed by atoms with van der Waals surface area (Å²) in [5.41, 5.74) is 4.87. The monoisotopic (exact) mass is 230 g/mol. The van der Waals surface area contributed by atoms with Crippen LogP contribution < -0.4 is 11.1 Å². The quantitative estimate of drug-likeness (QED) is 0.615. The van der Waals surface area contributed by atoms with E-state index in [-0.39, 0.29) is 18.4 Å². The Bertz CT molecular complexity index is 237. The third-order valence-electron chi connectivity index (χ3n) is 3.04. The maximum absolute atomic E-state index is 11.6. The van der Waals surface area contributed by atoms with Crippen molar-refractivity contribution in [3.8, 4) is 0 Å². The zero-order valence-corrected chi connectivity index (χ0v) is 10.0. The Balaban J connectivity index is 2.35. The van der Waals surface area contributed by atoms with Crippen LogP contribution in [-0.4, -0.2) is 42.4 Å². The Morgan fingerprint density at radius 1 is 1.50 bits per heavy atom. The molecular formula is C11H22N2O3. The highest BCUT2D eigenvalue weighted by Crippen LogP contribution is 2.19. The van der Waals surface area contributed by atoms with E-state index >= 15 is 0 Å². The van der Waals surface area contributed by atoms with Crippen LogP contribution in [0.2, 0.25) is 0 Å². The zero-order valence-electron chi connectivity index (χ0n) is 10.0. The highest BCUT2D eigenvalue weighted by atomic mass is 16.5. The van der Waals surface area contributed by atoms with Gasteiger partial charge in [-0.1, -0.05) is 13.8 Å². The Morgan fingerprint density at radius 3 is 2.56 bits per heavy atom. The maximum Gasteiger partial charge on any atom is 0.237 e. The molecule has 1 amide bonds. The first-order valence-corrected chi connectivity index (χ1v) is 5.78. The molecule has 4 N–H and O–H groups in total. The number of aliphatic hydroxyl groups is 1. The lowest BCUT2D eigenvalue weighted by Crippen LogP contribution is -2.51. The molecule has 1 heterocycles. The van der Waals surface area contributed by atoms with Crippen molar-refractivity contribution in [2.75, 3.05) is 19.8 Å². The number of carbonyl (C=O) groups excluding carboxylic acids is 1. The van der Waals surface area contributed by atoms with E-state index in [1.807, 2.05) is 13.8 Å². The molecule has 94 valence electrons. The van der Waals surface area contributed by atoms with Crippen molar-refractivity contribution in [2.45, 2.75) is 38.3 Å². The number of rotatable bonds is 4. The summed E-state index contributed by atoms with van der Waals surface area (Å²) in [6, 6.07) is -0.511. The topological polar surface area (TPSA) is 84.6 Å². The molecular weight excluding hydrogens is 208 g/mol. The van der Waals surface area contributed by atoms with Gasteiger partial charge >= 0.3 is 0 Å². The average Bonchev–Trinajstić information content (AvgIpc) is 2.26. The lowest BCUT2D eigenvalue weighted by molar-refractivity contribution is -0.126. The standard InChI is InChI=1S/C11H22N2O3/c1-8(2)9(12)10(14)13-7-11(15)3-5-16-6-4-11/h8-9,15H,3-7,12H2,1-2H3,(H,13,14)/t9-/m1/s1. The van der Waals surface area contributed by atoms with Gasteiger partial charge in [0.15, 0.2) is 0 Å². The van der Waals surface area contributed by atoms with Gasteiger partial charge in [-0.2, -0.15) is 0 Å². The van der Waals surface area contributed by atoms with Crippen molar-refractivity contribution in [1.82, 2.24) is 5.32 Å². The Kier molecular flexibility index (Phi) is 4.70. The molecule has 16 heavy (non-hydrogen) atoms. The summed E-state index contributed by atoms with van der Waals surface area (Å²) in [7, 11) is 0. The van der Waals surface area contributed by atoms with Crippen LogP contribution in [0.25, 0.3) is 0 Å². The third-order valence-corrected chi connectivity index (χ3v) is 3.04. The molecule has 0 bridgehead atoms. The van der Waals surface area contributed by atoms with Crippen molar-refractivity contribution in [3.63, 3.8) is 0 Å². The Morgan fingerprint density at radius 2 is 2.06 bits per heavy atom. The molecule has 0 aliphatic carbocycles. The van der Waals surface area contributed by atoms with Crippen molar-refractivity contribution in [2.24, 2.45) is 11.7 Å². The van der Waals surface area contributed by atoms with E-state index in [4.69, 9.17) is 10.5 Å². The number of nitrogens with one attached hydrogen (secondary N) is 1. The first-order chi connectivity index (χ1) is 7.44. The van der Waals surface area contributed by atoms with Gasteiger partial charge in [-0.05, 0) is 5.92 Å². The Labute approximate surface area is 96.3 Å². The van der Waals surface area contributed by atoms with Crippen LogP contribution in [0.4, 0.5) is 0 Å². The van der Waals surface area contributed by atoms with E-state index in [1.165, 1.54) is 0 Å². The van der Waals surface area contributed by atoms with E-state index in [9.17, 15) is 9.90 Å². The SMILES string of the molecule is CC(C)[C@@H](N)C(=O)NCC1(O)CCOCC1. The van der Waals surface area contributed by atoms with Crippen LogP contribution in [0.15, 0.2) is 0 Å². The van der Waals surface area contributed by atoms with Gasteiger partial charge in [-0.25, -0.2) is 0 Å². The predicted octanol–water partition coefficient (Wildman–Crippen LogP) is -0.373. The molecule has 0 saturated carbocycles. The number of nitrogens with two attached hydrogens (primary N) is 1. The van der Waals surface area contributed by atoms with Crippen molar-refractivity contribution < 1.29 is 14.6 Å². The van der Waals surface area contributed by atoms with Crippen LogP contribution >= 0.6 is 0 Å². The van der Waals surface area contributed by atoms with Gasteiger partial charge in [0.05, 0.1) is 11.6 Å². The Hall–Kier alpha value is -0.650. The summed E-state index contributed by atoms with van der Waals surface area (Å²) in [6.07, 6.45) is 1.12. The van der Waals surface area contributed by atoms with E-state index in [1.54, 1.807) is 0 Å². The molecule has 5 heteroatoms. The molecule has 1 rings (SSSR count). The van der Waals surface area contributed by atoms with E-state index in [2.05, 4.69) is 5.32 Å². The number of ether oxygens (including phenoxy) is 1. The highest BCUT2D eigenvalue weighted by molar-refractivity contribution is 5.81. The summed E-state index contributed by atoms with van der Waals surface area (Å²) in [5, 5.41) is 12.8. The summed E-state index contributed by atoms with van der Waals surface area (Å²) in [4.78, 5) is 11.6. The second-order valence-corrected chi connectivity index (χ2v) is 4.82. The number of carbonyl (C=O) groups is 1. The fourth-order valence-corrected chi connectivity index (χ4v) is 1.60. The van der Waals surface area contributed by atoms with Crippen molar-refractivity contribution in [3.05, 3.63) is 0 Å². The molecule has 1 fully saturated rings. The van der Waals surface area contributed by atoms with Crippen LogP contribution in [0, 0.1) is 5.92 Å². The number of hydrogen-bond donors (Lipinski definition) is 3. The fourth-order valence-electron chi connectivity index (χ4n) is 1.60. The summed E-state index contributed by atoms with van der Waals surface area (Å²) < 4.78 is 5.16. The fraction of sp³-hybridized carbons (Fsp3) is 0.909. The molecule has 1 saturated heterocycles. The summed E-state index contributed by atoms with van der Waals surface area (Å²) >= 11 is 0. The van der Waals surface area contributed by atoms with Crippen LogP contribution in [0.3, 0.4) is 0 Å². The van der Waals surface area contributed by atoms with Gasteiger partial charge in [-0.15, -0.1) is 0 Å². The highest BCUT2D eigenvalue weighted by Gasteiger charge is 2.30. The molecule has 5 nitrogen and oxygen atoms in total. The van der Waals surface area contributed by atoms with Crippen LogP contribution in [-0.2, 0) is 9.53 Å². The van der Waals surface area contributed by atoms with Gasteiger partial charge in [0.1, 0.15) is 0 Å². The minimum atomic E-state index is -0.829. The molecule has 0 aromatic rings. The molecule has 0 aromatic carbocycles. The largest absolute Gasteiger partial charge is 0.388 e. The lowest BCUT2D eigenvalue weighted by Gasteiger charge is -2.32. The normalized spacial score (nSPS) is 21.8. The van der Waals surface area contributed by atoms with Gasteiger partial charge in [0, 0.05) is 32.6 Å². The first kappa shape index (κ1) is 13.4. The molecule has 1 aliphatic heterocycles. The average molecular weight is 230 g/mol. The summed E-state index contributed by atoms with van der Waals surface area (Å²) in [6.45, 7) is 5.14. The van der Waals surface area contributed by atoms with Crippen LogP contribution in [0.5, 0.6) is 0 Å². The second-order valence-electron chi connectivity index (χ2n) is 4.82. The first-order valence-electron chi connectivity index (χ1n) is 5.78. The van der Waals surface area contributed by atoms with Crippen molar-refractivity contribution in [1.29, 1.82) is 0 Å². The van der Waals surface area contributed by atoms with Crippen molar-refractivity contribution >= 4 is 5.91 Å². The van der Waals surface area contributed by atoms with E-state index in [0.717, 1.165) is 0 Å².